The summed E-state index contributed by atoms with van der Waals surface area (Å²) >= 11 is 0. The number of rotatable bonds is 8. The molecule has 0 heterocycles. The Kier molecular flexibility index (Phi) is 8.08. The molecule has 18 heavy (non-hydrogen) atoms. The summed E-state index contributed by atoms with van der Waals surface area (Å²) in [6, 6.07) is 0. The minimum atomic E-state index is -0.312. The summed E-state index contributed by atoms with van der Waals surface area (Å²) in [4.78, 5) is 25.4. The van der Waals surface area contributed by atoms with E-state index in [-0.39, 0.29) is 23.7 Å². The van der Waals surface area contributed by atoms with E-state index in [4.69, 9.17) is 0 Å². The van der Waals surface area contributed by atoms with Crippen molar-refractivity contribution in [2.75, 3.05) is 20.2 Å². The summed E-state index contributed by atoms with van der Waals surface area (Å²) in [6.45, 7) is 10.3. The molecule has 4 heteroatoms. The Morgan fingerprint density at radius 1 is 1.33 bits per heavy atom. The number of carbonyl (C=O) groups is 2. The van der Waals surface area contributed by atoms with E-state index >= 15 is 0 Å². The Balaban J connectivity index is 4.69. The van der Waals surface area contributed by atoms with E-state index < -0.39 is 0 Å². The molecule has 0 N–H and O–H groups in total. The van der Waals surface area contributed by atoms with Gasteiger partial charge in [-0.3, -0.25) is 9.59 Å². The van der Waals surface area contributed by atoms with Crippen molar-refractivity contribution in [2.24, 2.45) is 11.8 Å². The maximum atomic E-state index is 12.3. The standard InChI is InChI=1S/C14H25NO3/c1-6-9-15(10-11(4)14(17)18-5)13(16)12(7-2)8-3/h6,11-12H,1,7-10H2,2-5H3. The molecular formula is C14H25NO3. The fourth-order valence-corrected chi connectivity index (χ4v) is 1.91. The van der Waals surface area contributed by atoms with Crippen LogP contribution in [0.1, 0.15) is 33.6 Å². The lowest BCUT2D eigenvalue weighted by Gasteiger charge is -2.27. The zero-order chi connectivity index (χ0) is 14.1. The minimum Gasteiger partial charge on any atom is -0.469 e. The highest BCUT2D eigenvalue weighted by Crippen LogP contribution is 2.14. The molecule has 0 radical (unpaired) electrons. The number of ether oxygens (including phenoxy) is 1. The first kappa shape index (κ1) is 16.7. The lowest BCUT2D eigenvalue weighted by atomic mass is 10.0. The van der Waals surface area contributed by atoms with Crippen LogP contribution in [0, 0.1) is 11.8 Å². The van der Waals surface area contributed by atoms with Crippen molar-refractivity contribution in [3.05, 3.63) is 12.7 Å². The van der Waals surface area contributed by atoms with Gasteiger partial charge in [0.25, 0.3) is 0 Å². The molecule has 1 amide bonds. The number of nitrogens with zero attached hydrogens (tertiary/aromatic N) is 1. The van der Waals surface area contributed by atoms with Crippen LogP contribution in [-0.4, -0.2) is 37.0 Å². The molecule has 0 saturated heterocycles. The van der Waals surface area contributed by atoms with Crippen LogP contribution in [-0.2, 0) is 14.3 Å². The van der Waals surface area contributed by atoms with Crippen molar-refractivity contribution in [1.29, 1.82) is 0 Å². The second-order valence-corrected chi connectivity index (χ2v) is 4.47. The van der Waals surface area contributed by atoms with Crippen LogP contribution >= 0.6 is 0 Å². The van der Waals surface area contributed by atoms with Crippen molar-refractivity contribution in [3.63, 3.8) is 0 Å². The maximum absolute atomic E-state index is 12.3. The van der Waals surface area contributed by atoms with E-state index in [9.17, 15) is 9.59 Å². The molecular weight excluding hydrogens is 230 g/mol. The lowest BCUT2D eigenvalue weighted by molar-refractivity contribution is -0.146. The highest BCUT2D eigenvalue weighted by atomic mass is 16.5. The third-order valence-electron chi connectivity index (χ3n) is 3.09. The van der Waals surface area contributed by atoms with E-state index in [1.54, 1.807) is 17.9 Å². The van der Waals surface area contributed by atoms with Crippen LogP contribution in [0.15, 0.2) is 12.7 Å². The van der Waals surface area contributed by atoms with Gasteiger partial charge in [-0.05, 0) is 12.8 Å². The summed E-state index contributed by atoms with van der Waals surface area (Å²) in [7, 11) is 1.36. The number of methoxy groups -OCH3 is 1. The van der Waals surface area contributed by atoms with E-state index in [1.165, 1.54) is 7.11 Å². The van der Waals surface area contributed by atoms with Crippen LogP contribution < -0.4 is 0 Å². The van der Waals surface area contributed by atoms with Crippen LogP contribution in [0.25, 0.3) is 0 Å². The highest BCUT2D eigenvalue weighted by Gasteiger charge is 2.24. The number of esters is 1. The SMILES string of the molecule is C=CCN(CC(C)C(=O)OC)C(=O)C(CC)CC. The molecule has 0 aromatic heterocycles. The van der Waals surface area contributed by atoms with Crippen molar-refractivity contribution >= 4 is 11.9 Å². The summed E-state index contributed by atoms with van der Waals surface area (Å²) in [5.74, 6) is -0.486. The van der Waals surface area contributed by atoms with Gasteiger partial charge >= 0.3 is 5.97 Å². The maximum Gasteiger partial charge on any atom is 0.310 e. The average Bonchev–Trinajstić information content (AvgIpc) is 2.38. The van der Waals surface area contributed by atoms with E-state index in [1.807, 2.05) is 13.8 Å². The normalized spacial score (nSPS) is 12.1. The molecule has 104 valence electrons. The molecule has 0 aliphatic heterocycles. The van der Waals surface area contributed by atoms with E-state index in [0.717, 1.165) is 12.8 Å². The first-order valence-corrected chi connectivity index (χ1v) is 6.49. The van der Waals surface area contributed by atoms with Gasteiger partial charge in [-0.25, -0.2) is 0 Å². The zero-order valence-electron chi connectivity index (χ0n) is 11.9. The number of carbonyl (C=O) groups excluding carboxylic acids is 2. The summed E-state index contributed by atoms with van der Waals surface area (Å²) in [5, 5.41) is 0. The third kappa shape index (κ3) is 4.90. The molecule has 0 saturated carbocycles. The minimum absolute atomic E-state index is 0.0230. The van der Waals surface area contributed by atoms with Crippen molar-refractivity contribution < 1.29 is 14.3 Å². The average molecular weight is 255 g/mol. The Labute approximate surface area is 110 Å². The molecule has 0 bridgehead atoms. The number of hydrogen-bond acceptors (Lipinski definition) is 3. The van der Waals surface area contributed by atoms with Gasteiger partial charge in [0, 0.05) is 19.0 Å². The molecule has 0 aromatic rings. The predicted molar refractivity (Wildman–Crippen MR) is 72.0 cm³/mol. The van der Waals surface area contributed by atoms with Gasteiger partial charge in [0.1, 0.15) is 0 Å². The van der Waals surface area contributed by atoms with Crippen LogP contribution in [0.3, 0.4) is 0 Å². The van der Waals surface area contributed by atoms with Crippen molar-refractivity contribution in [1.82, 2.24) is 4.90 Å². The molecule has 0 aliphatic rings. The smallest absolute Gasteiger partial charge is 0.310 e. The Morgan fingerprint density at radius 2 is 1.89 bits per heavy atom. The third-order valence-corrected chi connectivity index (χ3v) is 3.09. The molecule has 0 aliphatic carbocycles. The molecule has 1 atom stereocenters. The van der Waals surface area contributed by atoms with Crippen molar-refractivity contribution in [3.8, 4) is 0 Å². The largest absolute Gasteiger partial charge is 0.469 e. The van der Waals surface area contributed by atoms with Gasteiger partial charge < -0.3 is 9.64 Å². The molecule has 0 spiro atoms. The van der Waals surface area contributed by atoms with Gasteiger partial charge in [0.2, 0.25) is 5.91 Å². The second kappa shape index (κ2) is 8.72. The summed E-state index contributed by atoms with van der Waals surface area (Å²) in [5.41, 5.74) is 0. The number of amides is 1. The molecule has 0 aromatic carbocycles. The lowest BCUT2D eigenvalue weighted by Crippen LogP contribution is -2.40. The summed E-state index contributed by atoms with van der Waals surface area (Å²) in [6.07, 6.45) is 3.31. The van der Waals surface area contributed by atoms with Crippen LogP contribution in [0.5, 0.6) is 0 Å². The van der Waals surface area contributed by atoms with Gasteiger partial charge in [0.05, 0.1) is 13.0 Å². The van der Waals surface area contributed by atoms with Crippen LogP contribution in [0.4, 0.5) is 0 Å². The van der Waals surface area contributed by atoms with Gasteiger partial charge in [-0.1, -0.05) is 26.8 Å². The second-order valence-electron chi connectivity index (χ2n) is 4.47. The molecule has 0 rings (SSSR count). The molecule has 0 fully saturated rings. The van der Waals surface area contributed by atoms with E-state index in [0.29, 0.717) is 13.1 Å². The molecule has 4 nitrogen and oxygen atoms in total. The highest BCUT2D eigenvalue weighted by molar-refractivity contribution is 5.80. The zero-order valence-corrected chi connectivity index (χ0v) is 11.9. The van der Waals surface area contributed by atoms with Gasteiger partial charge in [-0.15, -0.1) is 6.58 Å². The summed E-state index contributed by atoms with van der Waals surface area (Å²) < 4.78 is 4.68. The van der Waals surface area contributed by atoms with E-state index in [2.05, 4.69) is 11.3 Å². The monoisotopic (exact) mass is 255 g/mol. The van der Waals surface area contributed by atoms with Crippen LogP contribution in [0.2, 0.25) is 0 Å². The fourth-order valence-electron chi connectivity index (χ4n) is 1.91. The Bertz CT molecular complexity index is 285. The number of hydrogen-bond donors (Lipinski definition) is 0. The first-order valence-electron chi connectivity index (χ1n) is 6.49. The fraction of sp³-hybridized carbons (Fsp3) is 0.714. The van der Waals surface area contributed by atoms with Crippen molar-refractivity contribution in [2.45, 2.75) is 33.6 Å². The predicted octanol–water partition coefficient (Wildman–Crippen LogP) is 2.25. The Morgan fingerprint density at radius 3 is 2.28 bits per heavy atom. The quantitative estimate of drug-likeness (QED) is 0.493. The van der Waals surface area contributed by atoms with Gasteiger partial charge in [0.15, 0.2) is 0 Å². The van der Waals surface area contributed by atoms with Gasteiger partial charge in [-0.2, -0.15) is 0 Å². The Hall–Kier alpha value is -1.32. The first-order chi connectivity index (χ1) is 8.51. The topological polar surface area (TPSA) is 46.6 Å². The molecule has 1 unspecified atom stereocenters.